The van der Waals surface area contributed by atoms with Gasteiger partial charge in [-0.15, -0.1) is 0 Å². The highest BCUT2D eigenvalue weighted by Gasteiger charge is 2.12. The summed E-state index contributed by atoms with van der Waals surface area (Å²) >= 11 is 0. The van der Waals surface area contributed by atoms with Crippen molar-refractivity contribution in [2.24, 2.45) is 0 Å². The molecule has 0 spiro atoms. The van der Waals surface area contributed by atoms with Gasteiger partial charge in [0.15, 0.2) is 0 Å². The molecule has 0 aromatic heterocycles. The number of nitrogen functional groups attached to an aromatic ring is 1. The molecule has 0 bridgehead atoms. The monoisotopic (exact) mass is 250 g/mol. The molecular weight excluding hydrogens is 224 g/mol. The van der Waals surface area contributed by atoms with Crippen LogP contribution >= 0.6 is 0 Å². The Morgan fingerprint density at radius 1 is 1.17 bits per heavy atom. The Morgan fingerprint density at radius 2 is 1.78 bits per heavy atom. The second kappa shape index (κ2) is 6.64. The van der Waals surface area contributed by atoms with E-state index >= 15 is 0 Å². The molecule has 0 fully saturated rings. The Kier molecular flexibility index (Phi) is 5.48. The largest absolute Gasteiger partial charge is 0.492 e. The van der Waals surface area contributed by atoms with Gasteiger partial charge >= 0.3 is 0 Å². The van der Waals surface area contributed by atoms with Crippen LogP contribution < -0.4 is 10.5 Å². The van der Waals surface area contributed by atoms with Crippen LogP contribution in [0.15, 0.2) is 18.2 Å². The van der Waals surface area contributed by atoms with E-state index in [0.29, 0.717) is 18.7 Å². The van der Waals surface area contributed by atoms with Gasteiger partial charge in [-0.2, -0.15) is 0 Å². The van der Waals surface area contributed by atoms with Crippen molar-refractivity contribution in [3.05, 3.63) is 23.8 Å². The summed E-state index contributed by atoms with van der Waals surface area (Å²) in [6.07, 6.45) is 0. The van der Waals surface area contributed by atoms with Crippen molar-refractivity contribution in [1.29, 1.82) is 0 Å². The maximum absolute atomic E-state index is 5.78. The van der Waals surface area contributed by atoms with Crippen LogP contribution in [-0.2, 0) is 0 Å². The summed E-state index contributed by atoms with van der Waals surface area (Å²) < 4.78 is 5.78. The third-order valence-electron chi connectivity index (χ3n) is 3.19. The van der Waals surface area contributed by atoms with E-state index in [-0.39, 0.29) is 0 Å². The van der Waals surface area contributed by atoms with Gasteiger partial charge in [-0.05, 0) is 58.4 Å². The molecule has 18 heavy (non-hydrogen) atoms. The van der Waals surface area contributed by atoms with Gasteiger partial charge in [0.2, 0.25) is 0 Å². The first-order chi connectivity index (χ1) is 8.41. The van der Waals surface area contributed by atoms with Gasteiger partial charge in [0.05, 0.1) is 0 Å². The van der Waals surface area contributed by atoms with Crippen molar-refractivity contribution in [3.8, 4) is 5.75 Å². The van der Waals surface area contributed by atoms with Crippen molar-refractivity contribution >= 4 is 5.69 Å². The number of hydrogen-bond acceptors (Lipinski definition) is 3. The molecule has 0 radical (unpaired) electrons. The molecule has 1 rings (SSSR count). The van der Waals surface area contributed by atoms with Crippen molar-refractivity contribution in [2.75, 3.05) is 18.9 Å². The molecule has 0 amide bonds. The molecule has 1 aromatic carbocycles. The number of nitrogens with zero attached hydrogens (tertiary/aromatic N) is 1. The molecule has 3 heteroatoms. The Morgan fingerprint density at radius 3 is 2.28 bits per heavy atom. The summed E-state index contributed by atoms with van der Waals surface area (Å²) in [5.41, 5.74) is 7.66. The standard InChI is InChI=1S/C15H26N2O/c1-11(2)17(12(3)4)8-9-18-14-6-7-15(16)13(5)10-14/h6-7,10-12H,8-9,16H2,1-5H3. The Labute approximate surface area is 111 Å². The zero-order valence-electron chi connectivity index (χ0n) is 12.2. The molecule has 0 heterocycles. The molecule has 0 unspecified atom stereocenters. The lowest BCUT2D eigenvalue weighted by Gasteiger charge is -2.30. The van der Waals surface area contributed by atoms with Crippen molar-refractivity contribution in [2.45, 2.75) is 46.7 Å². The molecule has 102 valence electrons. The van der Waals surface area contributed by atoms with Gasteiger partial charge in [0.25, 0.3) is 0 Å². The predicted molar refractivity (Wildman–Crippen MR) is 78.1 cm³/mol. The SMILES string of the molecule is Cc1cc(OCCN(C(C)C)C(C)C)ccc1N. The zero-order valence-corrected chi connectivity index (χ0v) is 12.2. The van der Waals surface area contributed by atoms with Crippen LogP contribution in [0.5, 0.6) is 5.75 Å². The zero-order chi connectivity index (χ0) is 13.7. The molecule has 0 aliphatic carbocycles. The average Bonchev–Trinajstić information content (AvgIpc) is 2.28. The number of ether oxygens (including phenoxy) is 1. The second-order valence-electron chi connectivity index (χ2n) is 5.29. The third-order valence-corrected chi connectivity index (χ3v) is 3.19. The molecule has 1 aromatic rings. The van der Waals surface area contributed by atoms with E-state index in [1.54, 1.807) is 0 Å². The molecule has 3 nitrogen and oxygen atoms in total. The van der Waals surface area contributed by atoms with Crippen LogP contribution in [0.4, 0.5) is 5.69 Å². The molecular formula is C15H26N2O. The van der Waals surface area contributed by atoms with Crippen LogP contribution in [0, 0.1) is 6.92 Å². The van der Waals surface area contributed by atoms with E-state index in [1.165, 1.54) is 0 Å². The quantitative estimate of drug-likeness (QED) is 0.789. The van der Waals surface area contributed by atoms with Crippen molar-refractivity contribution in [3.63, 3.8) is 0 Å². The Bertz CT molecular complexity index is 367. The molecule has 0 atom stereocenters. The lowest BCUT2D eigenvalue weighted by Crippen LogP contribution is -2.39. The molecule has 0 saturated heterocycles. The van der Waals surface area contributed by atoms with Crippen LogP contribution in [-0.4, -0.2) is 30.1 Å². The van der Waals surface area contributed by atoms with Crippen LogP contribution in [0.2, 0.25) is 0 Å². The topological polar surface area (TPSA) is 38.5 Å². The highest BCUT2D eigenvalue weighted by Crippen LogP contribution is 2.18. The van der Waals surface area contributed by atoms with Gasteiger partial charge in [0, 0.05) is 24.3 Å². The number of anilines is 1. The van der Waals surface area contributed by atoms with Crippen LogP contribution in [0.25, 0.3) is 0 Å². The molecule has 2 N–H and O–H groups in total. The van der Waals surface area contributed by atoms with E-state index in [1.807, 2.05) is 25.1 Å². The van der Waals surface area contributed by atoms with Crippen LogP contribution in [0.1, 0.15) is 33.3 Å². The maximum Gasteiger partial charge on any atom is 0.119 e. The van der Waals surface area contributed by atoms with E-state index in [0.717, 1.165) is 23.5 Å². The highest BCUT2D eigenvalue weighted by atomic mass is 16.5. The van der Waals surface area contributed by atoms with Gasteiger partial charge < -0.3 is 10.5 Å². The minimum Gasteiger partial charge on any atom is -0.492 e. The van der Waals surface area contributed by atoms with Crippen molar-refractivity contribution in [1.82, 2.24) is 4.90 Å². The molecule has 0 aliphatic heterocycles. The first-order valence-corrected chi connectivity index (χ1v) is 6.66. The first-order valence-electron chi connectivity index (χ1n) is 6.66. The minimum absolute atomic E-state index is 0.543. The summed E-state index contributed by atoms with van der Waals surface area (Å²) in [4.78, 5) is 2.42. The summed E-state index contributed by atoms with van der Waals surface area (Å²) in [6, 6.07) is 6.90. The van der Waals surface area contributed by atoms with E-state index in [9.17, 15) is 0 Å². The Balaban J connectivity index is 2.47. The highest BCUT2D eigenvalue weighted by molar-refractivity contribution is 5.49. The van der Waals surface area contributed by atoms with Gasteiger partial charge in [0.1, 0.15) is 12.4 Å². The Hall–Kier alpha value is -1.22. The smallest absolute Gasteiger partial charge is 0.119 e. The number of aryl methyl sites for hydroxylation is 1. The second-order valence-corrected chi connectivity index (χ2v) is 5.29. The molecule has 0 aliphatic rings. The first kappa shape index (κ1) is 14.8. The number of hydrogen-bond donors (Lipinski definition) is 1. The summed E-state index contributed by atoms with van der Waals surface area (Å²) in [5, 5.41) is 0. The average molecular weight is 250 g/mol. The fourth-order valence-electron chi connectivity index (χ4n) is 2.12. The van der Waals surface area contributed by atoms with Crippen molar-refractivity contribution < 1.29 is 4.74 Å². The fraction of sp³-hybridized carbons (Fsp3) is 0.600. The normalized spacial score (nSPS) is 11.6. The lowest BCUT2D eigenvalue weighted by molar-refractivity contribution is 0.142. The summed E-state index contributed by atoms with van der Waals surface area (Å²) in [5.74, 6) is 0.897. The van der Waals surface area contributed by atoms with Gasteiger partial charge in [-0.1, -0.05) is 0 Å². The summed E-state index contributed by atoms with van der Waals surface area (Å²) in [7, 11) is 0. The van der Waals surface area contributed by atoms with E-state index < -0.39 is 0 Å². The van der Waals surface area contributed by atoms with E-state index in [2.05, 4.69) is 32.6 Å². The fourth-order valence-corrected chi connectivity index (χ4v) is 2.12. The maximum atomic E-state index is 5.78. The number of nitrogens with two attached hydrogens (primary N) is 1. The lowest BCUT2D eigenvalue weighted by atomic mass is 10.2. The van der Waals surface area contributed by atoms with Crippen LogP contribution in [0.3, 0.4) is 0 Å². The van der Waals surface area contributed by atoms with E-state index in [4.69, 9.17) is 10.5 Å². The summed E-state index contributed by atoms with van der Waals surface area (Å²) in [6.45, 7) is 12.5. The molecule has 0 saturated carbocycles. The van der Waals surface area contributed by atoms with Gasteiger partial charge in [-0.25, -0.2) is 0 Å². The predicted octanol–water partition coefficient (Wildman–Crippen LogP) is 3.07. The minimum atomic E-state index is 0.543. The van der Waals surface area contributed by atoms with Gasteiger partial charge in [-0.3, -0.25) is 4.90 Å². The third kappa shape index (κ3) is 4.22. The number of benzene rings is 1. The number of rotatable bonds is 6.